The minimum Gasteiger partial charge on any atom is -0.431 e. The lowest BCUT2D eigenvalue weighted by molar-refractivity contribution is -0.155. The highest BCUT2D eigenvalue weighted by atomic mass is 16.6. The van der Waals surface area contributed by atoms with Gasteiger partial charge in [0.15, 0.2) is 0 Å². The van der Waals surface area contributed by atoms with Gasteiger partial charge in [-0.05, 0) is 54.8 Å². The van der Waals surface area contributed by atoms with Crippen molar-refractivity contribution >= 4 is 7.48 Å². The van der Waals surface area contributed by atoms with Crippen LogP contribution in [0.5, 0.6) is 0 Å². The van der Waals surface area contributed by atoms with Crippen LogP contribution >= 0.6 is 0 Å². The SMILES string of the molecule is CCCCCCC(C)(CCCCC)C1O[C@@]2(C(C)(CCCCCC)CCCCCC)[B]OC1C2C(C)(CCCCCC)CCCCCC. The highest BCUT2D eigenvalue weighted by Crippen LogP contribution is 2.66. The van der Waals surface area contributed by atoms with E-state index in [1.54, 1.807) is 0 Å². The molecule has 2 aliphatic heterocycles. The fourth-order valence-electron chi connectivity index (χ4n) is 10.2. The van der Waals surface area contributed by atoms with Gasteiger partial charge in [0.25, 0.3) is 0 Å². The Bertz CT molecular complexity index is 774. The van der Waals surface area contributed by atoms with Crippen LogP contribution in [0.25, 0.3) is 0 Å². The number of rotatable bonds is 32. The molecule has 283 valence electrons. The molecule has 5 atom stereocenters. The number of unbranched alkanes of at least 4 members (excludes halogenated alkanes) is 17. The topological polar surface area (TPSA) is 18.5 Å². The first kappa shape index (κ1) is 44.1. The Labute approximate surface area is 304 Å². The summed E-state index contributed by atoms with van der Waals surface area (Å²) in [6.07, 6.45) is 39.0. The van der Waals surface area contributed by atoms with E-state index in [1.165, 1.54) is 186 Å². The molecular weight excluding hydrogens is 583 g/mol. The highest BCUT2D eigenvalue weighted by molar-refractivity contribution is 6.34. The number of ether oxygens (including phenoxy) is 1. The molecule has 0 N–H and O–H groups in total. The van der Waals surface area contributed by atoms with Crippen molar-refractivity contribution in [3.63, 3.8) is 0 Å². The van der Waals surface area contributed by atoms with Crippen LogP contribution in [0.4, 0.5) is 0 Å². The first-order chi connectivity index (χ1) is 23.2. The molecular formula is C45H88BO2. The third-order valence-electron chi connectivity index (χ3n) is 13.5. The molecule has 0 aromatic rings. The Morgan fingerprint density at radius 1 is 0.438 bits per heavy atom. The number of fused-ring (bicyclic) bond motifs is 2. The molecule has 0 amide bonds. The van der Waals surface area contributed by atoms with Crippen LogP contribution < -0.4 is 0 Å². The summed E-state index contributed by atoms with van der Waals surface area (Å²) in [6, 6.07) is 0. The van der Waals surface area contributed by atoms with Crippen LogP contribution in [0, 0.1) is 22.2 Å². The van der Waals surface area contributed by atoms with Gasteiger partial charge in [0.05, 0.1) is 17.7 Å². The zero-order valence-corrected chi connectivity index (χ0v) is 34.6. The monoisotopic (exact) mass is 672 g/mol. The van der Waals surface area contributed by atoms with Crippen LogP contribution in [0.1, 0.15) is 249 Å². The van der Waals surface area contributed by atoms with E-state index < -0.39 is 0 Å². The maximum atomic E-state index is 8.01. The van der Waals surface area contributed by atoms with Crippen molar-refractivity contribution in [3.05, 3.63) is 0 Å². The maximum Gasteiger partial charge on any atom is 0.329 e. The summed E-state index contributed by atoms with van der Waals surface area (Å²) in [6.45, 7) is 22.2. The van der Waals surface area contributed by atoms with Crippen LogP contribution in [-0.4, -0.2) is 25.2 Å². The molecule has 48 heavy (non-hydrogen) atoms. The maximum absolute atomic E-state index is 8.01. The molecule has 2 heterocycles. The van der Waals surface area contributed by atoms with Crippen molar-refractivity contribution in [3.8, 4) is 0 Å². The van der Waals surface area contributed by atoms with E-state index in [2.05, 4.69) is 69.8 Å². The molecule has 0 saturated carbocycles. The average Bonchev–Trinajstić information content (AvgIpc) is 3.65. The lowest BCUT2D eigenvalue weighted by atomic mass is 9.46. The van der Waals surface area contributed by atoms with E-state index in [1.807, 2.05) is 0 Å². The molecule has 4 unspecified atom stereocenters. The molecule has 2 fully saturated rings. The van der Waals surface area contributed by atoms with Gasteiger partial charge in [0, 0.05) is 5.92 Å². The molecule has 0 aliphatic carbocycles. The van der Waals surface area contributed by atoms with Gasteiger partial charge in [-0.3, -0.25) is 0 Å². The van der Waals surface area contributed by atoms with Crippen molar-refractivity contribution in [1.82, 2.24) is 0 Å². The number of hydrogen-bond acceptors (Lipinski definition) is 2. The normalized spacial score (nSPS) is 23.9. The molecule has 2 bridgehead atoms. The Balaban J connectivity index is 2.65. The van der Waals surface area contributed by atoms with E-state index in [0.717, 1.165) is 0 Å². The molecule has 2 saturated heterocycles. The third-order valence-corrected chi connectivity index (χ3v) is 13.5. The van der Waals surface area contributed by atoms with Crippen LogP contribution in [-0.2, 0) is 9.39 Å². The van der Waals surface area contributed by atoms with Gasteiger partial charge in [0.1, 0.15) is 0 Å². The van der Waals surface area contributed by atoms with Crippen molar-refractivity contribution in [2.45, 2.75) is 266 Å². The van der Waals surface area contributed by atoms with Crippen molar-refractivity contribution in [2.24, 2.45) is 22.2 Å². The molecule has 0 spiro atoms. The van der Waals surface area contributed by atoms with E-state index >= 15 is 0 Å². The Hall–Kier alpha value is -0.0151. The van der Waals surface area contributed by atoms with Gasteiger partial charge in [0.2, 0.25) is 0 Å². The molecule has 1 radical (unpaired) electrons. The predicted molar refractivity (Wildman–Crippen MR) is 214 cm³/mol. The smallest absolute Gasteiger partial charge is 0.329 e. The quantitative estimate of drug-likeness (QED) is 0.0523. The summed E-state index contributed by atoms with van der Waals surface area (Å²) in [5, 5.41) is 0. The molecule has 0 aromatic heterocycles. The summed E-state index contributed by atoms with van der Waals surface area (Å²) in [5.41, 5.74) is 0.261. The Kier molecular flexibility index (Phi) is 21.6. The van der Waals surface area contributed by atoms with Gasteiger partial charge in [-0.1, -0.05) is 210 Å². The van der Waals surface area contributed by atoms with Gasteiger partial charge < -0.3 is 9.39 Å². The van der Waals surface area contributed by atoms with E-state index in [-0.39, 0.29) is 34.0 Å². The lowest BCUT2D eigenvalue weighted by Gasteiger charge is -2.52. The third kappa shape index (κ3) is 12.3. The summed E-state index contributed by atoms with van der Waals surface area (Å²) in [5.74, 6) is 0.460. The fourth-order valence-corrected chi connectivity index (χ4v) is 10.2. The van der Waals surface area contributed by atoms with Gasteiger partial charge in [-0.25, -0.2) is 0 Å². The summed E-state index contributed by atoms with van der Waals surface area (Å²) in [7, 11) is 2.36. The van der Waals surface area contributed by atoms with Gasteiger partial charge in [-0.2, -0.15) is 0 Å². The average molecular weight is 672 g/mol. The van der Waals surface area contributed by atoms with Crippen molar-refractivity contribution < 1.29 is 9.39 Å². The summed E-state index contributed by atoms with van der Waals surface area (Å²) >= 11 is 0. The molecule has 0 aromatic carbocycles. The zero-order chi connectivity index (χ0) is 35.4. The second-order valence-electron chi connectivity index (χ2n) is 17.9. The summed E-state index contributed by atoms with van der Waals surface area (Å²) < 4.78 is 15.2. The Morgan fingerprint density at radius 3 is 1.17 bits per heavy atom. The minimum absolute atomic E-state index is 0.114. The standard InChI is InChI=1S/C45H88BO2/c1-10-16-22-28-33-42(7,34-29-23-17-11-2)40-39-41(43(8,35-27-21-15-6)36-30-24-18-12-3)47-45(40,46-48-39)44(9,37-31-25-19-13-4)38-32-26-20-14-5/h39-41H,10-38H2,1-9H3/t39?,40?,41?,43?,45-/m0/s1. The predicted octanol–water partition coefficient (Wildman–Crippen LogP) is 15.2. The molecule has 2 nitrogen and oxygen atoms in total. The van der Waals surface area contributed by atoms with E-state index in [0.29, 0.717) is 5.92 Å². The Morgan fingerprint density at radius 2 is 0.771 bits per heavy atom. The van der Waals surface area contributed by atoms with Crippen LogP contribution in [0.2, 0.25) is 0 Å². The van der Waals surface area contributed by atoms with Crippen molar-refractivity contribution in [2.75, 3.05) is 0 Å². The first-order valence-corrected chi connectivity index (χ1v) is 22.3. The minimum atomic E-state index is -0.277. The van der Waals surface area contributed by atoms with Gasteiger partial charge in [-0.15, -0.1) is 0 Å². The second-order valence-corrected chi connectivity index (χ2v) is 17.9. The van der Waals surface area contributed by atoms with Gasteiger partial charge >= 0.3 is 7.48 Å². The highest BCUT2D eigenvalue weighted by Gasteiger charge is 2.73. The molecule has 2 rings (SSSR count). The molecule has 2 aliphatic rings. The van der Waals surface area contributed by atoms with Crippen LogP contribution in [0.3, 0.4) is 0 Å². The molecule has 3 heteroatoms. The first-order valence-electron chi connectivity index (χ1n) is 22.3. The van der Waals surface area contributed by atoms with E-state index in [9.17, 15) is 0 Å². The van der Waals surface area contributed by atoms with Crippen molar-refractivity contribution in [1.29, 1.82) is 0 Å². The largest absolute Gasteiger partial charge is 0.431 e. The second kappa shape index (κ2) is 23.5. The van der Waals surface area contributed by atoms with Crippen LogP contribution in [0.15, 0.2) is 0 Å². The number of hydrogen-bond donors (Lipinski definition) is 0. The zero-order valence-electron chi connectivity index (χ0n) is 34.6. The van der Waals surface area contributed by atoms with E-state index in [4.69, 9.17) is 9.39 Å². The lowest BCUT2D eigenvalue weighted by Crippen LogP contribution is -2.58. The fraction of sp³-hybridized carbons (Fsp3) is 1.00. The summed E-state index contributed by atoms with van der Waals surface area (Å²) in [4.78, 5) is 0.